The minimum Gasteiger partial charge on any atom is -0.480 e. The standard InChI is InChI=1S/C12H22N2O4/c1-9(2)4-13-10(15)5-14-7-12(3,8-14)18-6-11(16)17/h9H,4-8H2,1-3H3,(H,13,15)(H,16,17). The number of rotatable bonds is 7. The molecule has 6 heteroatoms. The Morgan fingerprint density at radius 3 is 2.56 bits per heavy atom. The average molecular weight is 258 g/mol. The summed E-state index contributed by atoms with van der Waals surface area (Å²) in [6.07, 6.45) is 0. The van der Waals surface area contributed by atoms with Crippen molar-refractivity contribution in [3.8, 4) is 0 Å². The Kier molecular flexibility index (Phi) is 5.10. The van der Waals surface area contributed by atoms with Crippen LogP contribution in [-0.2, 0) is 14.3 Å². The van der Waals surface area contributed by atoms with Gasteiger partial charge in [0.25, 0.3) is 0 Å². The second-order valence-electron chi connectivity index (χ2n) is 5.48. The van der Waals surface area contributed by atoms with E-state index >= 15 is 0 Å². The second kappa shape index (κ2) is 6.15. The van der Waals surface area contributed by atoms with Crippen LogP contribution < -0.4 is 5.32 Å². The van der Waals surface area contributed by atoms with Crippen LogP contribution in [0.25, 0.3) is 0 Å². The van der Waals surface area contributed by atoms with Crippen molar-refractivity contribution in [2.75, 3.05) is 32.8 Å². The molecule has 2 N–H and O–H groups in total. The lowest BCUT2D eigenvalue weighted by Gasteiger charge is -2.46. The van der Waals surface area contributed by atoms with Gasteiger partial charge in [0.1, 0.15) is 6.61 Å². The fraction of sp³-hybridized carbons (Fsp3) is 0.833. The fourth-order valence-electron chi connectivity index (χ4n) is 1.92. The number of carboxylic acids is 1. The van der Waals surface area contributed by atoms with E-state index in [2.05, 4.69) is 5.32 Å². The van der Waals surface area contributed by atoms with Gasteiger partial charge in [-0.05, 0) is 12.8 Å². The van der Waals surface area contributed by atoms with Gasteiger partial charge in [0.05, 0.1) is 12.1 Å². The minimum atomic E-state index is -0.968. The van der Waals surface area contributed by atoms with Crippen molar-refractivity contribution in [2.24, 2.45) is 5.92 Å². The number of nitrogens with one attached hydrogen (secondary N) is 1. The molecule has 0 bridgehead atoms. The summed E-state index contributed by atoms with van der Waals surface area (Å²) in [7, 11) is 0. The van der Waals surface area contributed by atoms with Crippen molar-refractivity contribution in [2.45, 2.75) is 26.4 Å². The van der Waals surface area contributed by atoms with Crippen molar-refractivity contribution in [3.05, 3.63) is 0 Å². The third-order valence-corrected chi connectivity index (χ3v) is 2.73. The molecule has 6 nitrogen and oxygen atoms in total. The zero-order valence-corrected chi connectivity index (χ0v) is 11.2. The summed E-state index contributed by atoms with van der Waals surface area (Å²) in [6.45, 7) is 7.87. The van der Waals surface area contributed by atoms with Gasteiger partial charge in [-0.2, -0.15) is 0 Å². The van der Waals surface area contributed by atoms with E-state index in [9.17, 15) is 9.59 Å². The molecule has 1 saturated heterocycles. The van der Waals surface area contributed by atoms with Gasteiger partial charge in [-0.3, -0.25) is 9.69 Å². The highest BCUT2D eigenvalue weighted by Gasteiger charge is 2.40. The van der Waals surface area contributed by atoms with Crippen LogP contribution >= 0.6 is 0 Å². The topological polar surface area (TPSA) is 78.9 Å². The zero-order chi connectivity index (χ0) is 13.8. The first-order valence-corrected chi connectivity index (χ1v) is 6.15. The van der Waals surface area contributed by atoms with Gasteiger partial charge in [0, 0.05) is 19.6 Å². The van der Waals surface area contributed by atoms with Gasteiger partial charge < -0.3 is 15.2 Å². The molecule has 1 rings (SSSR count). The maximum Gasteiger partial charge on any atom is 0.329 e. The summed E-state index contributed by atoms with van der Waals surface area (Å²) in [5.74, 6) is -0.525. The summed E-state index contributed by atoms with van der Waals surface area (Å²) in [6, 6.07) is 0. The molecular formula is C12H22N2O4. The summed E-state index contributed by atoms with van der Waals surface area (Å²) in [5, 5.41) is 11.4. The van der Waals surface area contributed by atoms with E-state index in [0.717, 1.165) is 0 Å². The van der Waals surface area contributed by atoms with Gasteiger partial charge in [0.2, 0.25) is 5.91 Å². The van der Waals surface area contributed by atoms with E-state index in [1.807, 2.05) is 25.7 Å². The molecule has 18 heavy (non-hydrogen) atoms. The van der Waals surface area contributed by atoms with Gasteiger partial charge in [-0.1, -0.05) is 13.8 Å². The van der Waals surface area contributed by atoms with Gasteiger partial charge in [0.15, 0.2) is 0 Å². The smallest absolute Gasteiger partial charge is 0.329 e. The number of aliphatic carboxylic acids is 1. The monoisotopic (exact) mass is 258 g/mol. The van der Waals surface area contributed by atoms with E-state index in [0.29, 0.717) is 32.1 Å². The number of amides is 1. The van der Waals surface area contributed by atoms with Crippen LogP contribution in [0.3, 0.4) is 0 Å². The highest BCUT2D eigenvalue weighted by Crippen LogP contribution is 2.23. The summed E-state index contributed by atoms with van der Waals surface area (Å²) < 4.78 is 5.26. The highest BCUT2D eigenvalue weighted by atomic mass is 16.5. The Balaban J connectivity index is 2.17. The van der Waals surface area contributed by atoms with E-state index in [4.69, 9.17) is 9.84 Å². The highest BCUT2D eigenvalue weighted by molar-refractivity contribution is 5.78. The quantitative estimate of drug-likeness (QED) is 0.668. The maximum atomic E-state index is 11.5. The van der Waals surface area contributed by atoms with Crippen LogP contribution in [0, 0.1) is 5.92 Å². The molecule has 0 radical (unpaired) electrons. The van der Waals surface area contributed by atoms with Gasteiger partial charge in [-0.25, -0.2) is 4.79 Å². The fourth-order valence-corrected chi connectivity index (χ4v) is 1.92. The molecule has 0 atom stereocenters. The predicted molar refractivity (Wildman–Crippen MR) is 66.3 cm³/mol. The van der Waals surface area contributed by atoms with Crippen LogP contribution in [-0.4, -0.2) is 60.3 Å². The van der Waals surface area contributed by atoms with Gasteiger partial charge >= 0.3 is 5.97 Å². The second-order valence-corrected chi connectivity index (χ2v) is 5.48. The first kappa shape index (κ1) is 14.9. The molecule has 0 aromatic carbocycles. The van der Waals surface area contributed by atoms with Gasteiger partial charge in [-0.15, -0.1) is 0 Å². The lowest BCUT2D eigenvalue weighted by molar-refractivity contribution is -0.166. The molecule has 1 heterocycles. The Labute approximate surface area is 107 Å². The molecule has 0 aromatic heterocycles. The Hall–Kier alpha value is -1.14. The molecule has 0 spiro atoms. The lowest BCUT2D eigenvalue weighted by Crippen LogP contribution is -2.63. The average Bonchev–Trinajstić information content (AvgIpc) is 2.21. The number of ether oxygens (including phenoxy) is 1. The largest absolute Gasteiger partial charge is 0.480 e. The number of nitrogens with zero attached hydrogens (tertiary/aromatic N) is 1. The van der Waals surface area contributed by atoms with Crippen LogP contribution in [0.4, 0.5) is 0 Å². The van der Waals surface area contributed by atoms with Crippen LogP contribution in [0.15, 0.2) is 0 Å². The van der Waals surface area contributed by atoms with Crippen molar-refractivity contribution < 1.29 is 19.4 Å². The lowest BCUT2D eigenvalue weighted by atomic mass is 9.96. The number of carboxylic acid groups (broad SMARTS) is 1. The molecule has 0 aromatic rings. The third-order valence-electron chi connectivity index (χ3n) is 2.73. The molecule has 1 amide bonds. The molecule has 0 unspecified atom stereocenters. The molecular weight excluding hydrogens is 236 g/mol. The number of hydrogen-bond donors (Lipinski definition) is 2. The van der Waals surface area contributed by atoms with E-state index < -0.39 is 11.6 Å². The Morgan fingerprint density at radius 1 is 1.44 bits per heavy atom. The van der Waals surface area contributed by atoms with Crippen molar-refractivity contribution in [1.82, 2.24) is 10.2 Å². The summed E-state index contributed by atoms with van der Waals surface area (Å²) in [4.78, 5) is 23.9. The third kappa shape index (κ3) is 5.01. The van der Waals surface area contributed by atoms with Crippen molar-refractivity contribution in [3.63, 3.8) is 0 Å². The normalized spacial score (nSPS) is 18.4. The minimum absolute atomic E-state index is 0.00369. The van der Waals surface area contributed by atoms with E-state index in [1.165, 1.54) is 0 Å². The number of hydrogen-bond acceptors (Lipinski definition) is 4. The number of likely N-dealkylation sites (tertiary alicyclic amines) is 1. The van der Waals surface area contributed by atoms with Crippen LogP contribution in [0.1, 0.15) is 20.8 Å². The number of carbonyl (C=O) groups excluding carboxylic acids is 1. The molecule has 1 fully saturated rings. The van der Waals surface area contributed by atoms with E-state index in [1.54, 1.807) is 0 Å². The first-order chi connectivity index (χ1) is 8.31. The Bertz CT molecular complexity index is 311. The zero-order valence-electron chi connectivity index (χ0n) is 11.2. The molecule has 104 valence electrons. The summed E-state index contributed by atoms with van der Waals surface area (Å²) in [5.41, 5.74) is -0.434. The van der Waals surface area contributed by atoms with Crippen LogP contribution in [0.5, 0.6) is 0 Å². The van der Waals surface area contributed by atoms with Crippen molar-refractivity contribution in [1.29, 1.82) is 0 Å². The molecule has 0 aliphatic carbocycles. The maximum absolute atomic E-state index is 11.5. The van der Waals surface area contributed by atoms with Crippen molar-refractivity contribution >= 4 is 11.9 Å². The number of carbonyl (C=O) groups is 2. The van der Waals surface area contributed by atoms with E-state index in [-0.39, 0.29) is 12.5 Å². The molecule has 1 aliphatic heterocycles. The van der Waals surface area contributed by atoms with Crippen LogP contribution in [0.2, 0.25) is 0 Å². The Morgan fingerprint density at radius 2 is 2.06 bits per heavy atom. The first-order valence-electron chi connectivity index (χ1n) is 6.15. The SMILES string of the molecule is CC(C)CNC(=O)CN1CC(C)(OCC(=O)O)C1. The molecule has 0 saturated carbocycles. The molecule has 1 aliphatic rings. The summed E-state index contributed by atoms with van der Waals surface area (Å²) >= 11 is 0. The predicted octanol–water partition coefficient (Wildman–Crippen LogP) is -0.0659.